The number of benzene rings is 3. The molecule has 4 aromatic rings. The van der Waals surface area contributed by atoms with E-state index in [-0.39, 0.29) is 6.04 Å². The van der Waals surface area contributed by atoms with E-state index in [4.69, 9.17) is 0 Å². The zero-order valence-corrected chi connectivity index (χ0v) is 17.2. The van der Waals surface area contributed by atoms with Crippen molar-refractivity contribution in [2.24, 2.45) is 0 Å². The summed E-state index contributed by atoms with van der Waals surface area (Å²) in [4.78, 5) is 16.8. The molecule has 0 aliphatic rings. The van der Waals surface area contributed by atoms with Crippen molar-refractivity contribution in [3.8, 4) is 11.1 Å². The van der Waals surface area contributed by atoms with Crippen molar-refractivity contribution in [3.63, 3.8) is 0 Å². The molecule has 0 saturated carbocycles. The second-order valence-corrected chi connectivity index (χ2v) is 8.19. The molecule has 30 heavy (non-hydrogen) atoms. The van der Waals surface area contributed by atoms with Crippen LogP contribution in [-0.2, 0) is 4.79 Å². The normalized spacial score (nSPS) is 14.2. The first-order chi connectivity index (χ1) is 14.5. The fourth-order valence-corrected chi connectivity index (χ4v) is 4.26. The Morgan fingerprint density at radius 3 is 2.23 bits per heavy atom. The standard InChI is InChI=1S/C24H22N2O3S/c1-15(16-11-13-18(14-12-16)17-7-3-2-4-8-17)25-23(29)21(27)22(28)24-26-19-9-5-6-10-20(19)30-24/h2-15,21-22,27-28H,1H3,(H,25,29). The summed E-state index contributed by atoms with van der Waals surface area (Å²) < 4.78 is 0.894. The predicted molar refractivity (Wildman–Crippen MR) is 119 cm³/mol. The highest BCUT2D eigenvalue weighted by molar-refractivity contribution is 7.18. The van der Waals surface area contributed by atoms with Crippen LogP contribution >= 0.6 is 11.3 Å². The minimum absolute atomic E-state index is 0.318. The second kappa shape index (κ2) is 8.75. The van der Waals surface area contributed by atoms with Gasteiger partial charge in [-0.1, -0.05) is 66.7 Å². The van der Waals surface area contributed by atoms with E-state index < -0.39 is 18.1 Å². The number of aliphatic hydroxyl groups excluding tert-OH is 2. The number of amides is 1. The number of hydrogen-bond acceptors (Lipinski definition) is 5. The SMILES string of the molecule is CC(NC(=O)C(O)C(O)c1nc2ccccc2s1)c1ccc(-c2ccccc2)cc1. The Bertz CT molecular complexity index is 1110. The molecule has 0 spiro atoms. The fraction of sp³-hybridized carbons (Fsp3) is 0.167. The summed E-state index contributed by atoms with van der Waals surface area (Å²) in [5.74, 6) is -0.638. The number of aliphatic hydroxyl groups is 2. The highest BCUT2D eigenvalue weighted by Gasteiger charge is 2.29. The van der Waals surface area contributed by atoms with E-state index >= 15 is 0 Å². The Labute approximate surface area is 178 Å². The lowest BCUT2D eigenvalue weighted by Gasteiger charge is -2.20. The van der Waals surface area contributed by atoms with Gasteiger partial charge >= 0.3 is 0 Å². The highest BCUT2D eigenvalue weighted by Crippen LogP contribution is 2.28. The summed E-state index contributed by atoms with van der Waals surface area (Å²) in [7, 11) is 0. The third-order valence-electron chi connectivity index (χ3n) is 5.01. The molecule has 0 saturated heterocycles. The van der Waals surface area contributed by atoms with Gasteiger partial charge in [0.1, 0.15) is 11.1 Å². The molecule has 152 valence electrons. The molecule has 0 aliphatic carbocycles. The maximum atomic E-state index is 12.5. The average Bonchev–Trinajstić information content (AvgIpc) is 3.23. The minimum Gasteiger partial charge on any atom is -0.383 e. The number of para-hydroxylation sites is 1. The Kier molecular flexibility index (Phi) is 5.90. The largest absolute Gasteiger partial charge is 0.383 e. The molecule has 3 aromatic carbocycles. The number of carbonyl (C=O) groups is 1. The molecule has 3 unspecified atom stereocenters. The molecule has 5 nitrogen and oxygen atoms in total. The van der Waals surface area contributed by atoms with Gasteiger partial charge < -0.3 is 15.5 Å². The zero-order chi connectivity index (χ0) is 21.1. The zero-order valence-electron chi connectivity index (χ0n) is 16.4. The number of fused-ring (bicyclic) bond motifs is 1. The van der Waals surface area contributed by atoms with Crippen LogP contribution in [0.1, 0.15) is 29.6 Å². The summed E-state index contributed by atoms with van der Waals surface area (Å²) in [6.45, 7) is 1.84. The lowest BCUT2D eigenvalue weighted by molar-refractivity contribution is -0.136. The maximum Gasteiger partial charge on any atom is 0.252 e. The molecule has 1 amide bonds. The minimum atomic E-state index is -1.60. The van der Waals surface area contributed by atoms with E-state index in [1.807, 2.05) is 85.8 Å². The van der Waals surface area contributed by atoms with E-state index in [0.717, 1.165) is 26.9 Å². The van der Waals surface area contributed by atoms with Crippen molar-refractivity contribution in [1.29, 1.82) is 0 Å². The number of hydrogen-bond donors (Lipinski definition) is 3. The Morgan fingerprint density at radius 1 is 0.900 bits per heavy atom. The van der Waals surface area contributed by atoms with E-state index in [9.17, 15) is 15.0 Å². The molecule has 6 heteroatoms. The number of nitrogens with zero attached hydrogens (tertiary/aromatic N) is 1. The molecule has 1 heterocycles. The van der Waals surface area contributed by atoms with Crippen LogP contribution in [0.2, 0.25) is 0 Å². The smallest absolute Gasteiger partial charge is 0.252 e. The van der Waals surface area contributed by atoms with Crippen LogP contribution in [0.5, 0.6) is 0 Å². The van der Waals surface area contributed by atoms with Crippen LogP contribution in [0.25, 0.3) is 21.3 Å². The summed E-state index contributed by atoms with van der Waals surface area (Å²) in [5, 5.41) is 23.9. The van der Waals surface area contributed by atoms with Gasteiger partial charge in [-0.2, -0.15) is 0 Å². The first kappa shape index (κ1) is 20.2. The Morgan fingerprint density at radius 2 is 1.53 bits per heavy atom. The predicted octanol–water partition coefficient (Wildman–Crippen LogP) is 4.24. The molecule has 3 atom stereocenters. The third kappa shape index (κ3) is 4.26. The van der Waals surface area contributed by atoms with Gasteiger partial charge in [0.2, 0.25) is 0 Å². The first-order valence-corrected chi connectivity index (χ1v) is 10.5. The van der Waals surface area contributed by atoms with Gasteiger partial charge in [0, 0.05) is 0 Å². The van der Waals surface area contributed by atoms with Crippen molar-refractivity contribution >= 4 is 27.5 Å². The van der Waals surface area contributed by atoms with Crippen LogP contribution in [0.3, 0.4) is 0 Å². The summed E-state index contributed by atoms with van der Waals surface area (Å²) >= 11 is 1.26. The van der Waals surface area contributed by atoms with E-state index in [2.05, 4.69) is 10.3 Å². The molecular formula is C24H22N2O3S. The Hall–Kier alpha value is -3.06. The van der Waals surface area contributed by atoms with Gasteiger partial charge in [-0.3, -0.25) is 4.79 Å². The molecule has 0 radical (unpaired) electrons. The van der Waals surface area contributed by atoms with Crippen LogP contribution in [0.4, 0.5) is 0 Å². The summed E-state index contributed by atoms with van der Waals surface area (Å²) in [6, 6.07) is 25.1. The van der Waals surface area contributed by atoms with Crippen LogP contribution in [0.15, 0.2) is 78.9 Å². The van der Waals surface area contributed by atoms with E-state index in [1.165, 1.54) is 11.3 Å². The molecule has 0 bridgehead atoms. The van der Waals surface area contributed by atoms with Gasteiger partial charge in [-0.15, -0.1) is 11.3 Å². The van der Waals surface area contributed by atoms with Crippen LogP contribution in [-0.4, -0.2) is 27.2 Å². The molecule has 1 aromatic heterocycles. The van der Waals surface area contributed by atoms with Crippen LogP contribution in [0, 0.1) is 0 Å². The van der Waals surface area contributed by atoms with Gasteiger partial charge in [0.25, 0.3) is 5.91 Å². The number of aromatic nitrogens is 1. The number of thiazole rings is 1. The highest BCUT2D eigenvalue weighted by atomic mass is 32.1. The van der Waals surface area contributed by atoms with Gasteiger partial charge in [0.05, 0.1) is 16.3 Å². The van der Waals surface area contributed by atoms with Gasteiger partial charge in [0.15, 0.2) is 6.10 Å². The van der Waals surface area contributed by atoms with Crippen molar-refractivity contribution in [2.45, 2.75) is 25.2 Å². The van der Waals surface area contributed by atoms with Crippen molar-refractivity contribution in [1.82, 2.24) is 10.3 Å². The first-order valence-electron chi connectivity index (χ1n) is 9.70. The summed E-state index contributed by atoms with van der Waals surface area (Å²) in [5.41, 5.74) is 3.85. The number of rotatable bonds is 6. The molecule has 0 aliphatic heterocycles. The maximum absolute atomic E-state index is 12.5. The number of nitrogens with one attached hydrogen (secondary N) is 1. The number of carbonyl (C=O) groups excluding carboxylic acids is 1. The second-order valence-electron chi connectivity index (χ2n) is 7.13. The monoisotopic (exact) mass is 418 g/mol. The Balaban J connectivity index is 1.42. The van der Waals surface area contributed by atoms with Crippen molar-refractivity contribution < 1.29 is 15.0 Å². The molecule has 3 N–H and O–H groups in total. The van der Waals surface area contributed by atoms with Crippen LogP contribution < -0.4 is 5.32 Å². The quantitative estimate of drug-likeness (QED) is 0.438. The van der Waals surface area contributed by atoms with E-state index in [1.54, 1.807) is 0 Å². The van der Waals surface area contributed by atoms with Gasteiger partial charge in [-0.25, -0.2) is 4.98 Å². The fourth-order valence-electron chi connectivity index (χ4n) is 3.27. The van der Waals surface area contributed by atoms with Gasteiger partial charge in [-0.05, 0) is 35.7 Å². The lowest BCUT2D eigenvalue weighted by Crippen LogP contribution is -2.39. The molecule has 0 fully saturated rings. The average molecular weight is 419 g/mol. The van der Waals surface area contributed by atoms with Crippen molar-refractivity contribution in [3.05, 3.63) is 89.4 Å². The summed E-state index contributed by atoms with van der Waals surface area (Å²) in [6.07, 6.45) is -2.98. The topological polar surface area (TPSA) is 82.5 Å². The third-order valence-corrected chi connectivity index (χ3v) is 6.11. The molecular weight excluding hydrogens is 396 g/mol. The van der Waals surface area contributed by atoms with Crippen molar-refractivity contribution in [2.75, 3.05) is 0 Å². The molecule has 4 rings (SSSR count). The van der Waals surface area contributed by atoms with E-state index in [0.29, 0.717) is 5.01 Å². The lowest BCUT2D eigenvalue weighted by atomic mass is 10.0.